The quantitative estimate of drug-likeness (QED) is 0.811. The fourth-order valence-electron chi connectivity index (χ4n) is 1.68. The molecule has 0 aromatic heterocycles. The molecule has 3 nitrogen and oxygen atoms in total. The van der Waals surface area contributed by atoms with Crippen LogP contribution >= 0.6 is 0 Å². The van der Waals surface area contributed by atoms with Crippen molar-refractivity contribution in [2.75, 3.05) is 25.7 Å². The monoisotopic (exact) mass is 255 g/mol. The number of rotatable bonds is 7. The van der Waals surface area contributed by atoms with E-state index >= 15 is 0 Å². The number of hydrogen-bond donors (Lipinski definition) is 1. The summed E-state index contributed by atoms with van der Waals surface area (Å²) in [6, 6.07) is 8.05. The summed E-state index contributed by atoms with van der Waals surface area (Å²) in [5.41, 5.74) is 1.15. The van der Waals surface area contributed by atoms with E-state index in [1.54, 1.807) is 7.11 Å². The normalized spacial score (nSPS) is 14.3. The first-order chi connectivity index (χ1) is 8.21. The van der Waals surface area contributed by atoms with Gasteiger partial charge in [-0.15, -0.1) is 0 Å². The molecule has 1 N–H and O–H groups in total. The number of benzene rings is 1. The van der Waals surface area contributed by atoms with Gasteiger partial charge in [-0.3, -0.25) is 4.21 Å². The van der Waals surface area contributed by atoms with Crippen LogP contribution in [-0.4, -0.2) is 29.9 Å². The summed E-state index contributed by atoms with van der Waals surface area (Å²) in [7, 11) is 2.80. The maximum absolute atomic E-state index is 11.8. The van der Waals surface area contributed by atoms with E-state index in [-0.39, 0.29) is 6.04 Å². The molecule has 0 saturated carbocycles. The van der Waals surface area contributed by atoms with Crippen LogP contribution in [0.3, 0.4) is 0 Å². The smallest absolute Gasteiger partial charge is 0.118 e. The first-order valence-electron chi connectivity index (χ1n) is 5.87. The molecule has 0 aliphatic rings. The lowest BCUT2D eigenvalue weighted by atomic mass is 10.1. The molecule has 0 heterocycles. The van der Waals surface area contributed by atoms with Gasteiger partial charge in [-0.1, -0.05) is 19.1 Å². The van der Waals surface area contributed by atoms with E-state index in [0.717, 1.165) is 23.5 Å². The van der Waals surface area contributed by atoms with E-state index in [0.29, 0.717) is 5.75 Å². The standard InChI is InChI=1S/C13H21NO2S/c1-4-9-17(15)10-13(14-2)11-5-7-12(16-3)8-6-11/h5-8,13-14H,4,9-10H2,1-3H3. The van der Waals surface area contributed by atoms with Crippen LogP contribution in [0, 0.1) is 0 Å². The molecule has 0 fully saturated rings. The fourth-order valence-corrected chi connectivity index (χ4v) is 3.03. The van der Waals surface area contributed by atoms with Crippen LogP contribution in [0.25, 0.3) is 0 Å². The van der Waals surface area contributed by atoms with Gasteiger partial charge in [0, 0.05) is 28.3 Å². The van der Waals surface area contributed by atoms with Gasteiger partial charge in [0.2, 0.25) is 0 Å². The van der Waals surface area contributed by atoms with Crippen LogP contribution in [-0.2, 0) is 10.8 Å². The highest BCUT2D eigenvalue weighted by Gasteiger charge is 2.12. The minimum atomic E-state index is -0.751. The zero-order chi connectivity index (χ0) is 12.7. The van der Waals surface area contributed by atoms with Crippen molar-refractivity contribution in [3.05, 3.63) is 29.8 Å². The van der Waals surface area contributed by atoms with Crippen LogP contribution in [0.5, 0.6) is 5.75 Å². The number of methoxy groups -OCH3 is 1. The molecule has 1 rings (SSSR count). The Morgan fingerprint density at radius 2 is 2.00 bits per heavy atom. The third kappa shape index (κ3) is 4.48. The molecule has 2 atom stereocenters. The first-order valence-corrected chi connectivity index (χ1v) is 7.36. The maximum Gasteiger partial charge on any atom is 0.118 e. The Labute approximate surface area is 106 Å². The lowest BCUT2D eigenvalue weighted by Gasteiger charge is -2.16. The minimum Gasteiger partial charge on any atom is -0.497 e. The average Bonchev–Trinajstić information content (AvgIpc) is 2.36. The third-order valence-electron chi connectivity index (χ3n) is 2.65. The van der Waals surface area contributed by atoms with E-state index in [1.807, 2.05) is 31.3 Å². The van der Waals surface area contributed by atoms with Crippen molar-refractivity contribution in [1.82, 2.24) is 5.32 Å². The lowest BCUT2D eigenvalue weighted by molar-refractivity contribution is 0.414. The van der Waals surface area contributed by atoms with Crippen molar-refractivity contribution < 1.29 is 8.95 Å². The predicted octanol–water partition coefficient (Wildman–Crippen LogP) is 2.11. The summed E-state index contributed by atoms with van der Waals surface area (Å²) < 4.78 is 16.9. The fraction of sp³-hybridized carbons (Fsp3) is 0.538. The third-order valence-corrected chi connectivity index (χ3v) is 4.22. The number of hydrogen-bond acceptors (Lipinski definition) is 3. The van der Waals surface area contributed by atoms with Crippen molar-refractivity contribution in [1.29, 1.82) is 0 Å². The molecular weight excluding hydrogens is 234 g/mol. The molecule has 0 saturated heterocycles. The molecular formula is C13H21NO2S. The highest BCUT2D eigenvalue weighted by Crippen LogP contribution is 2.18. The Morgan fingerprint density at radius 3 is 2.47 bits per heavy atom. The molecule has 0 bridgehead atoms. The van der Waals surface area contributed by atoms with Gasteiger partial charge in [0.15, 0.2) is 0 Å². The Bertz CT molecular complexity index is 351. The highest BCUT2D eigenvalue weighted by atomic mass is 32.2. The van der Waals surface area contributed by atoms with Gasteiger partial charge in [0.05, 0.1) is 7.11 Å². The van der Waals surface area contributed by atoms with E-state index in [4.69, 9.17) is 4.74 Å². The van der Waals surface area contributed by atoms with Gasteiger partial charge < -0.3 is 10.1 Å². The van der Waals surface area contributed by atoms with E-state index in [2.05, 4.69) is 12.2 Å². The molecule has 2 unspecified atom stereocenters. The lowest BCUT2D eigenvalue weighted by Crippen LogP contribution is -2.23. The van der Waals surface area contributed by atoms with E-state index < -0.39 is 10.8 Å². The second-order valence-electron chi connectivity index (χ2n) is 3.93. The van der Waals surface area contributed by atoms with Gasteiger partial charge in [0.1, 0.15) is 5.75 Å². The second-order valence-corrected chi connectivity index (χ2v) is 5.55. The Morgan fingerprint density at radius 1 is 1.35 bits per heavy atom. The van der Waals surface area contributed by atoms with Crippen LogP contribution in [0.1, 0.15) is 24.9 Å². The Balaban J connectivity index is 2.68. The molecule has 0 aliphatic carbocycles. The van der Waals surface area contributed by atoms with Gasteiger partial charge in [-0.25, -0.2) is 0 Å². The predicted molar refractivity (Wildman–Crippen MR) is 73.0 cm³/mol. The molecule has 0 radical (unpaired) electrons. The first kappa shape index (κ1) is 14.2. The number of nitrogens with one attached hydrogen (secondary N) is 1. The Hall–Kier alpha value is -0.870. The zero-order valence-electron chi connectivity index (χ0n) is 10.7. The summed E-state index contributed by atoms with van der Waals surface area (Å²) in [5.74, 6) is 2.28. The van der Waals surface area contributed by atoms with E-state index in [1.165, 1.54) is 0 Å². The average molecular weight is 255 g/mol. The van der Waals surface area contributed by atoms with Crippen LogP contribution in [0.4, 0.5) is 0 Å². The summed E-state index contributed by atoms with van der Waals surface area (Å²) in [4.78, 5) is 0. The topological polar surface area (TPSA) is 38.3 Å². The molecule has 96 valence electrons. The van der Waals surface area contributed by atoms with Crippen molar-refractivity contribution in [2.45, 2.75) is 19.4 Å². The van der Waals surface area contributed by atoms with Crippen LogP contribution in [0.2, 0.25) is 0 Å². The van der Waals surface area contributed by atoms with E-state index in [9.17, 15) is 4.21 Å². The number of ether oxygens (including phenoxy) is 1. The Kier molecular flexibility index (Phi) is 6.22. The largest absolute Gasteiger partial charge is 0.497 e. The molecule has 0 aliphatic heterocycles. The van der Waals surface area contributed by atoms with Gasteiger partial charge >= 0.3 is 0 Å². The van der Waals surface area contributed by atoms with Gasteiger partial charge in [-0.05, 0) is 31.2 Å². The summed E-state index contributed by atoms with van der Waals surface area (Å²) >= 11 is 0. The van der Waals surface area contributed by atoms with Crippen molar-refractivity contribution in [3.8, 4) is 5.75 Å². The maximum atomic E-state index is 11.8. The SMILES string of the molecule is CCCS(=O)CC(NC)c1ccc(OC)cc1. The molecule has 1 aromatic carbocycles. The molecule has 17 heavy (non-hydrogen) atoms. The summed E-state index contributed by atoms with van der Waals surface area (Å²) in [5, 5.41) is 3.21. The summed E-state index contributed by atoms with van der Waals surface area (Å²) in [6.45, 7) is 2.06. The highest BCUT2D eigenvalue weighted by molar-refractivity contribution is 7.85. The van der Waals surface area contributed by atoms with Crippen LogP contribution in [0.15, 0.2) is 24.3 Å². The zero-order valence-corrected chi connectivity index (χ0v) is 11.5. The van der Waals surface area contributed by atoms with Gasteiger partial charge in [-0.2, -0.15) is 0 Å². The minimum absolute atomic E-state index is 0.147. The summed E-state index contributed by atoms with van der Waals surface area (Å²) in [6.07, 6.45) is 0.964. The molecule has 1 aromatic rings. The second kappa shape index (κ2) is 7.45. The van der Waals surface area contributed by atoms with Crippen molar-refractivity contribution >= 4 is 10.8 Å². The van der Waals surface area contributed by atoms with Crippen molar-refractivity contribution in [2.24, 2.45) is 0 Å². The van der Waals surface area contributed by atoms with Crippen LogP contribution < -0.4 is 10.1 Å². The molecule has 0 amide bonds. The van der Waals surface area contributed by atoms with Crippen molar-refractivity contribution in [3.63, 3.8) is 0 Å². The molecule has 4 heteroatoms. The molecule has 0 spiro atoms. The van der Waals surface area contributed by atoms with Gasteiger partial charge in [0.25, 0.3) is 0 Å².